The van der Waals surface area contributed by atoms with Gasteiger partial charge in [0.05, 0.1) is 29.7 Å². The molecule has 0 radical (unpaired) electrons. The van der Waals surface area contributed by atoms with Crippen LogP contribution in [0, 0.1) is 11.8 Å². The van der Waals surface area contributed by atoms with Crippen LogP contribution >= 0.6 is 0 Å². The van der Waals surface area contributed by atoms with Crippen LogP contribution in [0.1, 0.15) is 30.4 Å². The molecule has 2 aromatic rings. The Hall–Kier alpha value is -3.90. The van der Waals surface area contributed by atoms with Gasteiger partial charge < -0.3 is 16.0 Å². The molecular formula is C25H24F6N4O3. The number of anilines is 1. The highest BCUT2D eigenvalue weighted by molar-refractivity contribution is 6.20. The van der Waals surface area contributed by atoms with Gasteiger partial charge in [0.1, 0.15) is 0 Å². The van der Waals surface area contributed by atoms with Crippen LogP contribution in [0.3, 0.4) is 0 Å². The zero-order valence-corrected chi connectivity index (χ0v) is 20.0. The zero-order chi connectivity index (χ0) is 28.3. The summed E-state index contributed by atoms with van der Waals surface area (Å²) in [5.41, 5.74) is 6.81. The quantitative estimate of drug-likeness (QED) is 0.494. The average molecular weight is 542 g/mol. The van der Waals surface area contributed by atoms with E-state index in [-0.39, 0.29) is 5.71 Å². The Balaban J connectivity index is 2.03. The van der Waals surface area contributed by atoms with Crippen molar-refractivity contribution in [3.05, 3.63) is 65.7 Å². The third kappa shape index (κ3) is 7.11. The number of hydrogen-bond donors (Lipinski definition) is 2. The predicted octanol–water partition coefficient (Wildman–Crippen LogP) is 3.96. The zero-order valence-electron chi connectivity index (χ0n) is 20.0. The lowest BCUT2D eigenvalue weighted by Crippen LogP contribution is -2.50. The lowest BCUT2D eigenvalue weighted by atomic mass is 9.84. The number of nitrogens with two attached hydrogens (primary N) is 1. The molecule has 1 unspecified atom stereocenters. The largest absolute Gasteiger partial charge is 0.389 e. The van der Waals surface area contributed by atoms with Gasteiger partial charge in [-0.2, -0.15) is 26.3 Å². The van der Waals surface area contributed by atoms with Gasteiger partial charge >= 0.3 is 12.4 Å². The fourth-order valence-corrected chi connectivity index (χ4v) is 4.21. The first kappa shape index (κ1) is 28.7. The lowest BCUT2D eigenvalue weighted by molar-refractivity contribution is -0.164. The molecule has 0 saturated heterocycles. The number of nitrogens with one attached hydrogen (secondary N) is 1. The minimum atomic E-state index is -4.99. The van der Waals surface area contributed by atoms with Crippen molar-refractivity contribution in [2.24, 2.45) is 22.6 Å². The number of alkyl halides is 6. The van der Waals surface area contributed by atoms with Gasteiger partial charge in [-0.15, -0.1) is 0 Å². The van der Waals surface area contributed by atoms with Crippen molar-refractivity contribution in [1.29, 1.82) is 0 Å². The molecule has 3 amide bonds. The number of carbonyl (C=O) groups is 3. The van der Waals surface area contributed by atoms with Crippen LogP contribution in [0.2, 0.25) is 0 Å². The summed E-state index contributed by atoms with van der Waals surface area (Å²) in [6, 6.07) is 15.1. The van der Waals surface area contributed by atoms with E-state index in [2.05, 4.69) is 10.3 Å². The number of halogens is 6. The van der Waals surface area contributed by atoms with E-state index in [4.69, 9.17) is 5.73 Å². The summed E-state index contributed by atoms with van der Waals surface area (Å²) in [5, 5.41) is 2.17. The highest BCUT2D eigenvalue weighted by Crippen LogP contribution is 2.34. The first-order chi connectivity index (χ1) is 17.7. The summed E-state index contributed by atoms with van der Waals surface area (Å²) in [4.78, 5) is 43.8. The smallest absolute Gasteiger partial charge is 0.369 e. The fourth-order valence-electron chi connectivity index (χ4n) is 4.21. The highest BCUT2D eigenvalue weighted by Gasteiger charge is 2.44. The molecule has 3 rings (SSSR count). The van der Waals surface area contributed by atoms with Crippen molar-refractivity contribution < 1.29 is 40.7 Å². The van der Waals surface area contributed by atoms with Crippen molar-refractivity contribution in [1.82, 2.24) is 5.32 Å². The van der Waals surface area contributed by atoms with Crippen LogP contribution in [0.25, 0.3) is 0 Å². The maximum atomic E-state index is 13.2. The molecule has 13 heteroatoms. The summed E-state index contributed by atoms with van der Waals surface area (Å²) < 4.78 is 78.2. The molecule has 7 nitrogen and oxygen atoms in total. The topological polar surface area (TPSA) is 105 Å². The van der Waals surface area contributed by atoms with E-state index >= 15 is 0 Å². The third-order valence-corrected chi connectivity index (χ3v) is 6.05. The number of benzodiazepines with no additional fused rings is 1. The number of amides is 3. The van der Waals surface area contributed by atoms with Gasteiger partial charge in [-0.3, -0.25) is 14.4 Å². The molecule has 3 N–H and O–H groups in total. The molecule has 0 bridgehead atoms. The van der Waals surface area contributed by atoms with Gasteiger partial charge in [0.25, 0.3) is 5.91 Å². The molecular weight excluding hydrogens is 518 g/mol. The van der Waals surface area contributed by atoms with Gasteiger partial charge in [-0.05, 0) is 12.5 Å². The Kier molecular flexibility index (Phi) is 8.48. The summed E-state index contributed by atoms with van der Waals surface area (Å²) >= 11 is 0. The number of carbonyl (C=O) groups excluding carboxylic acids is 3. The second-order valence-corrected chi connectivity index (χ2v) is 8.76. The lowest BCUT2D eigenvalue weighted by Gasteiger charge is -2.27. The normalized spacial score (nSPS) is 17.7. The van der Waals surface area contributed by atoms with Crippen molar-refractivity contribution in [2.75, 3.05) is 11.9 Å². The van der Waals surface area contributed by atoms with Crippen LogP contribution < -0.4 is 16.0 Å². The number of benzene rings is 2. The van der Waals surface area contributed by atoms with E-state index in [0.717, 1.165) is 0 Å². The van der Waals surface area contributed by atoms with E-state index in [1.807, 2.05) is 0 Å². The number of primary amides is 1. The molecule has 1 heterocycles. The number of likely N-dealkylation sites (N-methyl/N-ethyl adjacent to an activating group) is 1. The molecule has 3 atom stereocenters. The molecule has 0 aliphatic carbocycles. The molecule has 204 valence electrons. The number of hydrogen-bond acceptors (Lipinski definition) is 4. The number of aliphatic imine (C=N–C) groups is 1. The van der Waals surface area contributed by atoms with Crippen molar-refractivity contribution in [2.45, 2.75) is 37.8 Å². The van der Waals surface area contributed by atoms with Crippen molar-refractivity contribution in [3.63, 3.8) is 0 Å². The second-order valence-electron chi connectivity index (χ2n) is 8.76. The summed E-state index contributed by atoms with van der Waals surface area (Å²) in [6.45, 7) is 0. The summed E-state index contributed by atoms with van der Waals surface area (Å²) in [5.74, 6) is -8.16. The Labute approximate surface area is 213 Å². The molecule has 2 aromatic carbocycles. The maximum Gasteiger partial charge on any atom is 0.389 e. The Morgan fingerprint density at radius 1 is 0.974 bits per heavy atom. The molecule has 38 heavy (non-hydrogen) atoms. The first-order valence-electron chi connectivity index (χ1n) is 11.4. The molecule has 1 aliphatic heterocycles. The minimum Gasteiger partial charge on any atom is -0.369 e. The van der Waals surface area contributed by atoms with Crippen molar-refractivity contribution in [3.8, 4) is 0 Å². The number of para-hydroxylation sites is 1. The van der Waals surface area contributed by atoms with Crippen LogP contribution in [0.5, 0.6) is 0 Å². The summed E-state index contributed by atoms with van der Waals surface area (Å²) in [6.07, 6.45) is -16.2. The fraction of sp³-hybridized carbons (Fsp3) is 0.360. The average Bonchev–Trinajstić information content (AvgIpc) is 2.93. The highest BCUT2D eigenvalue weighted by atomic mass is 19.4. The first-order valence-corrected chi connectivity index (χ1v) is 11.4. The van der Waals surface area contributed by atoms with Crippen LogP contribution in [0.15, 0.2) is 59.6 Å². The molecule has 0 aromatic heterocycles. The Morgan fingerprint density at radius 3 is 2.16 bits per heavy atom. The van der Waals surface area contributed by atoms with Gasteiger partial charge in [-0.25, -0.2) is 4.99 Å². The molecule has 0 saturated carbocycles. The maximum absolute atomic E-state index is 13.2. The van der Waals surface area contributed by atoms with Crippen LogP contribution in [0.4, 0.5) is 32.0 Å². The predicted molar refractivity (Wildman–Crippen MR) is 126 cm³/mol. The van der Waals surface area contributed by atoms with Gasteiger partial charge in [0, 0.05) is 24.6 Å². The van der Waals surface area contributed by atoms with E-state index < -0.39 is 67.3 Å². The number of fused-ring (bicyclic) bond motifs is 1. The van der Waals surface area contributed by atoms with Crippen molar-refractivity contribution >= 4 is 29.1 Å². The van der Waals surface area contributed by atoms with Crippen LogP contribution in [-0.2, 0) is 14.4 Å². The van der Waals surface area contributed by atoms with Gasteiger partial charge in [0.15, 0.2) is 0 Å². The number of rotatable bonds is 8. The molecule has 1 aliphatic rings. The van der Waals surface area contributed by atoms with E-state index in [1.165, 1.54) is 11.9 Å². The second kappa shape index (κ2) is 11.2. The Morgan fingerprint density at radius 2 is 1.58 bits per heavy atom. The van der Waals surface area contributed by atoms with Crippen LogP contribution in [-0.4, -0.2) is 49.0 Å². The van der Waals surface area contributed by atoms with Gasteiger partial charge in [-0.1, -0.05) is 48.5 Å². The van der Waals surface area contributed by atoms with E-state index in [0.29, 0.717) is 16.8 Å². The van der Waals surface area contributed by atoms with E-state index in [9.17, 15) is 40.7 Å². The molecule has 0 fully saturated rings. The van der Waals surface area contributed by atoms with E-state index in [1.54, 1.807) is 54.6 Å². The van der Waals surface area contributed by atoms with Gasteiger partial charge in [0.2, 0.25) is 18.0 Å². The Bertz CT molecular complexity index is 1210. The SMILES string of the molecule is CN1C(=O)C(NC(=O)[C@H](CCC(F)(F)F)[C@H](CC(F)(F)F)C(N)=O)N=C(c2ccccc2)c2ccccc21. The number of nitrogens with zero attached hydrogens (tertiary/aromatic N) is 2. The standard InChI is InChI=1S/C25H24F6N4O3/c1-35-18-10-6-5-9-16(18)19(14-7-3-2-4-8-14)33-21(23(35)38)34-22(37)15(11-12-24(26,27)28)17(20(32)36)13-25(29,30)31/h2-10,15,17,21H,11-13H2,1H3,(H2,32,36)(H,34,37)/t15-,17+,21?/m1/s1. The molecule has 0 spiro atoms. The summed E-state index contributed by atoms with van der Waals surface area (Å²) in [7, 11) is 1.39. The monoisotopic (exact) mass is 542 g/mol. The third-order valence-electron chi connectivity index (χ3n) is 6.05. The minimum absolute atomic E-state index is 0.262.